The molecule has 0 radical (unpaired) electrons. The highest BCUT2D eigenvalue weighted by molar-refractivity contribution is 7.47. The minimum absolute atomic E-state index is 0.100. The lowest BCUT2D eigenvalue weighted by molar-refractivity contribution is -0.161. The Morgan fingerprint density at radius 1 is 0.354 bits per heavy atom. The average molecular weight is 1210 g/mol. The Bertz CT molecular complexity index is 1720. The summed E-state index contributed by atoms with van der Waals surface area (Å²) in [6.45, 7) is 4.73. The Hall–Kier alpha value is -1.94. The summed E-state index contributed by atoms with van der Waals surface area (Å²) >= 11 is 0. The molecular weight excluding hydrogens is 1090 g/mol. The standard InChI is InChI=1S/C63H118O17P2/c1-5-9-13-17-23-29-37-53-45-55(53)39-31-25-19-27-34-42-61(66)74-50-59(80-63(68)44-36-28-20-26-32-40-56-46-54(56)38-30-24-18-14-10-6-2)52-78-82(71,72)76-48-57(64)47-75-81(69,70)77-51-58(79-62(67)43-35-22-16-12-8-4)49-73-60(65)41-33-21-15-11-7-3/h53-59,64H,5-52H2,1-4H3,(H,69,70)(H,71,72)/t53?,54?,55?,56?,57?,58-,59-/m1/s1. The van der Waals surface area contributed by atoms with Crippen LogP contribution in [0.25, 0.3) is 0 Å². The molecule has 7 unspecified atom stereocenters. The minimum Gasteiger partial charge on any atom is -0.462 e. The van der Waals surface area contributed by atoms with Gasteiger partial charge in [0.25, 0.3) is 0 Å². The zero-order valence-electron chi connectivity index (χ0n) is 51.9. The van der Waals surface area contributed by atoms with Gasteiger partial charge in [-0.1, -0.05) is 233 Å². The smallest absolute Gasteiger partial charge is 0.462 e. The van der Waals surface area contributed by atoms with Crippen molar-refractivity contribution in [3.05, 3.63) is 0 Å². The second-order valence-corrected chi connectivity index (χ2v) is 26.8. The van der Waals surface area contributed by atoms with Crippen molar-refractivity contribution in [2.45, 2.75) is 316 Å². The third kappa shape index (κ3) is 44.5. The lowest BCUT2D eigenvalue weighted by Gasteiger charge is -2.21. The largest absolute Gasteiger partial charge is 0.472 e. The van der Waals surface area contributed by atoms with Gasteiger partial charge >= 0.3 is 39.5 Å². The molecular formula is C63H118O17P2. The minimum atomic E-state index is -4.94. The third-order valence-corrected chi connectivity index (χ3v) is 17.9. The molecule has 19 heteroatoms. The van der Waals surface area contributed by atoms with Crippen LogP contribution in [0, 0.1) is 23.7 Å². The van der Waals surface area contributed by atoms with Crippen molar-refractivity contribution < 1.29 is 80.2 Å². The number of esters is 4. The zero-order chi connectivity index (χ0) is 59.9. The molecule has 0 saturated heterocycles. The summed E-state index contributed by atoms with van der Waals surface area (Å²) in [6, 6.07) is 0. The molecule has 0 aromatic rings. The van der Waals surface area contributed by atoms with E-state index >= 15 is 0 Å². The number of unbranched alkanes of at least 4 members (excludes halogenated alkanes) is 26. The van der Waals surface area contributed by atoms with Crippen LogP contribution in [0.3, 0.4) is 0 Å². The van der Waals surface area contributed by atoms with Crippen molar-refractivity contribution >= 4 is 39.5 Å². The maximum absolute atomic E-state index is 13.0. The van der Waals surface area contributed by atoms with E-state index in [4.69, 9.17) is 37.0 Å². The molecule has 2 saturated carbocycles. The molecule has 17 nitrogen and oxygen atoms in total. The molecule has 2 fully saturated rings. The maximum Gasteiger partial charge on any atom is 0.472 e. The third-order valence-electron chi connectivity index (χ3n) is 16.0. The quantitative estimate of drug-likeness (QED) is 0.0222. The number of aliphatic hydroxyl groups is 1. The number of rotatable bonds is 60. The number of aliphatic hydroxyl groups excluding tert-OH is 1. The summed E-state index contributed by atoms with van der Waals surface area (Å²) in [5.74, 6) is 1.46. The molecule has 0 aromatic heterocycles. The second-order valence-electron chi connectivity index (χ2n) is 23.9. The van der Waals surface area contributed by atoms with E-state index in [0.717, 1.165) is 114 Å². The van der Waals surface area contributed by atoms with Crippen LogP contribution in [0.5, 0.6) is 0 Å². The second kappa shape index (κ2) is 49.1. The fourth-order valence-corrected chi connectivity index (χ4v) is 12.2. The Morgan fingerprint density at radius 3 is 0.890 bits per heavy atom. The van der Waals surface area contributed by atoms with Crippen molar-refractivity contribution in [2.24, 2.45) is 23.7 Å². The SMILES string of the molecule is CCCCCCCCC1CC1CCCCCCCC(=O)OC[C@H](COP(=O)(O)OCC(O)COP(=O)(O)OC[C@@H](COC(=O)CCCCCCC)OC(=O)CCCCCCC)OC(=O)CCCCCCCC1CC1CCCCCCCC. The molecule has 2 aliphatic carbocycles. The van der Waals surface area contributed by atoms with E-state index in [2.05, 4.69) is 27.7 Å². The summed E-state index contributed by atoms with van der Waals surface area (Å²) < 4.78 is 67.7. The van der Waals surface area contributed by atoms with Gasteiger partial charge in [0.1, 0.15) is 19.3 Å². The van der Waals surface area contributed by atoms with Gasteiger partial charge < -0.3 is 33.8 Å². The summed E-state index contributed by atoms with van der Waals surface area (Å²) in [7, 11) is -9.86. The van der Waals surface area contributed by atoms with Crippen molar-refractivity contribution in [1.82, 2.24) is 0 Å². The van der Waals surface area contributed by atoms with Gasteiger partial charge in [0.2, 0.25) is 0 Å². The van der Waals surface area contributed by atoms with Crippen molar-refractivity contribution in [1.29, 1.82) is 0 Å². The highest BCUT2D eigenvalue weighted by Crippen LogP contribution is 2.48. The first-order valence-electron chi connectivity index (χ1n) is 33.2. The Kier molecular flexibility index (Phi) is 45.6. The van der Waals surface area contributed by atoms with Gasteiger partial charge in [-0.05, 0) is 62.2 Å². The van der Waals surface area contributed by atoms with E-state index in [0.29, 0.717) is 25.7 Å². The van der Waals surface area contributed by atoms with E-state index in [-0.39, 0.29) is 25.7 Å². The molecule has 0 bridgehead atoms. The molecule has 9 atom stereocenters. The molecule has 0 amide bonds. The van der Waals surface area contributed by atoms with E-state index < -0.39 is 97.5 Å². The summed E-state index contributed by atoms with van der Waals surface area (Å²) in [5, 5.41) is 10.5. The number of phosphoric acid groups is 2. The lowest BCUT2D eigenvalue weighted by atomic mass is 10.0. The summed E-state index contributed by atoms with van der Waals surface area (Å²) in [6.07, 6.45) is 39.3. The van der Waals surface area contributed by atoms with Gasteiger partial charge in [-0.3, -0.25) is 37.3 Å². The molecule has 82 heavy (non-hydrogen) atoms. The molecule has 0 spiro atoms. The van der Waals surface area contributed by atoms with Crippen LogP contribution in [0.2, 0.25) is 0 Å². The summed E-state index contributed by atoms with van der Waals surface area (Å²) in [4.78, 5) is 71.8. The van der Waals surface area contributed by atoms with Crippen LogP contribution in [0.1, 0.15) is 297 Å². The van der Waals surface area contributed by atoms with Crippen molar-refractivity contribution in [3.63, 3.8) is 0 Å². The zero-order valence-corrected chi connectivity index (χ0v) is 53.7. The van der Waals surface area contributed by atoms with Gasteiger partial charge in [-0.15, -0.1) is 0 Å². The van der Waals surface area contributed by atoms with Gasteiger partial charge in [0.05, 0.1) is 26.4 Å². The van der Waals surface area contributed by atoms with Gasteiger partial charge in [-0.25, -0.2) is 9.13 Å². The fourth-order valence-electron chi connectivity index (χ4n) is 10.6. The highest BCUT2D eigenvalue weighted by Gasteiger charge is 2.36. The topological polar surface area (TPSA) is 237 Å². The van der Waals surface area contributed by atoms with E-state index in [1.165, 1.54) is 128 Å². The Labute approximate surface area is 496 Å². The van der Waals surface area contributed by atoms with E-state index in [9.17, 15) is 43.2 Å². The average Bonchev–Trinajstić information content (AvgIpc) is 4.42. The van der Waals surface area contributed by atoms with Crippen molar-refractivity contribution in [3.8, 4) is 0 Å². The maximum atomic E-state index is 13.0. The lowest BCUT2D eigenvalue weighted by Crippen LogP contribution is -2.30. The normalized spacial score (nSPS) is 19.2. The summed E-state index contributed by atoms with van der Waals surface area (Å²) in [5.41, 5.74) is 0. The molecule has 0 aromatic carbocycles. The van der Waals surface area contributed by atoms with E-state index in [1.54, 1.807) is 0 Å². The van der Waals surface area contributed by atoms with Gasteiger partial charge in [0, 0.05) is 25.7 Å². The monoisotopic (exact) mass is 1210 g/mol. The number of carbonyl (C=O) groups excluding carboxylic acids is 4. The van der Waals surface area contributed by atoms with Crippen LogP contribution in [0.4, 0.5) is 0 Å². The number of hydrogen-bond donors (Lipinski definition) is 3. The van der Waals surface area contributed by atoms with Crippen molar-refractivity contribution in [2.75, 3.05) is 39.6 Å². The van der Waals surface area contributed by atoms with Crippen LogP contribution >= 0.6 is 15.6 Å². The Balaban J connectivity index is 1.81. The molecule has 3 N–H and O–H groups in total. The van der Waals surface area contributed by atoms with Crippen LogP contribution in [-0.2, 0) is 65.4 Å². The fraction of sp³-hybridized carbons (Fsp3) is 0.937. The predicted molar refractivity (Wildman–Crippen MR) is 322 cm³/mol. The van der Waals surface area contributed by atoms with E-state index in [1.807, 2.05) is 0 Å². The molecule has 0 aliphatic heterocycles. The van der Waals surface area contributed by atoms with Gasteiger partial charge in [-0.2, -0.15) is 0 Å². The predicted octanol–water partition coefficient (Wildman–Crippen LogP) is 16.5. The molecule has 2 aliphatic rings. The number of phosphoric ester groups is 2. The van der Waals surface area contributed by atoms with Crippen LogP contribution in [-0.4, -0.2) is 96.7 Å². The first-order valence-corrected chi connectivity index (χ1v) is 36.2. The van der Waals surface area contributed by atoms with Crippen LogP contribution in [0.15, 0.2) is 0 Å². The molecule has 482 valence electrons. The number of hydrogen-bond acceptors (Lipinski definition) is 15. The Morgan fingerprint density at radius 2 is 0.598 bits per heavy atom. The van der Waals surface area contributed by atoms with Gasteiger partial charge in [0.15, 0.2) is 12.2 Å². The molecule has 0 heterocycles. The number of carbonyl (C=O) groups is 4. The molecule has 2 rings (SSSR count). The first-order chi connectivity index (χ1) is 39.6. The van der Waals surface area contributed by atoms with Crippen LogP contribution < -0.4 is 0 Å². The highest BCUT2D eigenvalue weighted by atomic mass is 31.2. The number of ether oxygens (including phenoxy) is 4. The first kappa shape index (κ1) is 76.2.